The van der Waals surface area contributed by atoms with E-state index in [9.17, 15) is 4.79 Å². The molecule has 0 aliphatic carbocycles. The van der Waals surface area contributed by atoms with Gasteiger partial charge in [0.15, 0.2) is 11.5 Å². The number of benzene rings is 2. The highest BCUT2D eigenvalue weighted by molar-refractivity contribution is 5.90. The Balaban J connectivity index is 1.64. The smallest absolute Gasteiger partial charge is 0.319 e. The Kier molecular flexibility index (Phi) is 4.14. The monoisotopic (exact) mass is 298 g/mol. The summed E-state index contributed by atoms with van der Waals surface area (Å²) in [6.45, 7) is 3.48. The first-order chi connectivity index (χ1) is 10.7. The van der Waals surface area contributed by atoms with Crippen molar-refractivity contribution in [3.8, 4) is 11.5 Å². The van der Waals surface area contributed by atoms with E-state index in [0.29, 0.717) is 25.5 Å². The summed E-state index contributed by atoms with van der Waals surface area (Å²) in [5.41, 5.74) is 2.70. The molecule has 0 saturated heterocycles. The number of urea groups is 1. The van der Waals surface area contributed by atoms with Crippen LogP contribution in [-0.4, -0.2) is 19.2 Å². The standard InChI is InChI=1S/C17H18N2O3/c1-12-9-15-16(22-8-7-21-15)10-14(12)19-17(20)18-11-13-5-3-2-4-6-13/h2-6,9-10H,7-8,11H2,1H3,(H2,18,19,20). The first-order valence-corrected chi connectivity index (χ1v) is 7.21. The second-order valence-corrected chi connectivity index (χ2v) is 5.10. The predicted molar refractivity (Wildman–Crippen MR) is 84.5 cm³/mol. The van der Waals surface area contributed by atoms with Crippen molar-refractivity contribution in [2.45, 2.75) is 13.5 Å². The van der Waals surface area contributed by atoms with Gasteiger partial charge in [-0.25, -0.2) is 4.79 Å². The van der Waals surface area contributed by atoms with Gasteiger partial charge in [-0.05, 0) is 24.1 Å². The summed E-state index contributed by atoms with van der Waals surface area (Å²) in [7, 11) is 0. The molecule has 2 aromatic carbocycles. The number of nitrogens with one attached hydrogen (secondary N) is 2. The van der Waals surface area contributed by atoms with Crippen LogP contribution in [0.1, 0.15) is 11.1 Å². The van der Waals surface area contributed by atoms with E-state index >= 15 is 0 Å². The minimum atomic E-state index is -0.247. The molecule has 3 rings (SSSR count). The number of aryl methyl sites for hydroxylation is 1. The summed E-state index contributed by atoms with van der Waals surface area (Å²) in [5, 5.41) is 5.68. The number of rotatable bonds is 3. The molecule has 0 unspecified atom stereocenters. The van der Waals surface area contributed by atoms with E-state index in [4.69, 9.17) is 9.47 Å². The minimum Gasteiger partial charge on any atom is -0.486 e. The van der Waals surface area contributed by atoms with Crippen molar-refractivity contribution in [2.24, 2.45) is 0 Å². The normalized spacial score (nSPS) is 12.6. The van der Waals surface area contributed by atoms with Crippen LogP contribution in [0.25, 0.3) is 0 Å². The summed E-state index contributed by atoms with van der Waals surface area (Å²) in [6, 6.07) is 13.2. The molecule has 0 bridgehead atoms. The van der Waals surface area contributed by atoms with Gasteiger partial charge in [-0.1, -0.05) is 30.3 Å². The Hall–Kier alpha value is -2.69. The molecule has 2 amide bonds. The zero-order valence-electron chi connectivity index (χ0n) is 12.4. The van der Waals surface area contributed by atoms with Crippen LogP contribution in [0, 0.1) is 6.92 Å². The maximum absolute atomic E-state index is 12.0. The number of hydrogen-bond donors (Lipinski definition) is 2. The van der Waals surface area contributed by atoms with Crippen LogP contribution in [0.5, 0.6) is 11.5 Å². The molecule has 0 radical (unpaired) electrons. The van der Waals surface area contributed by atoms with E-state index in [2.05, 4.69) is 10.6 Å². The van der Waals surface area contributed by atoms with Crippen LogP contribution in [0.4, 0.5) is 10.5 Å². The molecule has 0 atom stereocenters. The Morgan fingerprint density at radius 1 is 1.09 bits per heavy atom. The van der Waals surface area contributed by atoms with Gasteiger partial charge in [-0.15, -0.1) is 0 Å². The average Bonchev–Trinajstić information content (AvgIpc) is 2.55. The second-order valence-electron chi connectivity index (χ2n) is 5.10. The van der Waals surface area contributed by atoms with Gasteiger partial charge < -0.3 is 20.1 Å². The molecule has 0 aromatic heterocycles. The maximum Gasteiger partial charge on any atom is 0.319 e. The van der Waals surface area contributed by atoms with Gasteiger partial charge in [0, 0.05) is 18.3 Å². The Labute approximate surface area is 129 Å². The number of amides is 2. The van der Waals surface area contributed by atoms with E-state index in [1.807, 2.05) is 43.3 Å². The van der Waals surface area contributed by atoms with Crippen LogP contribution in [0.15, 0.2) is 42.5 Å². The van der Waals surface area contributed by atoms with E-state index in [-0.39, 0.29) is 6.03 Å². The van der Waals surface area contributed by atoms with E-state index < -0.39 is 0 Å². The minimum absolute atomic E-state index is 0.247. The number of carbonyl (C=O) groups excluding carboxylic acids is 1. The lowest BCUT2D eigenvalue weighted by molar-refractivity contribution is 0.171. The van der Waals surface area contributed by atoms with Gasteiger partial charge >= 0.3 is 6.03 Å². The van der Waals surface area contributed by atoms with Gasteiger partial charge in [0.25, 0.3) is 0 Å². The molecule has 1 heterocycles. The molecule has 0 saturated carbocycles. The highest BCUT2D eigenvalue weighted by Gasteiger charge is 2.15. The van der Waals surface area contributed by atoms with Crippen molar-refractivity contribution in [1.29, 1.82) is 0 Å². The number of fused-ring (bicyclic) bond motifs is 1. The van der Waals surface area contributed by atoms with Gasteiger partial charge in [0.05, 0.1) is 0 Å². The molecule has 2 aromatic rings. The molecule has 1 aliphatic heterocycles. The van der Waals surface area contributed by atoms with Crippen molar-refractivity contribution < 1.29 is 14.3 Å². The number of anilines is 1. The highest BCUT2D eigenvalue weighted by atomic mass is 16.6. The van der Waals surface area contributed by atoms with E-state index in [1.165, 1.54) is 0 Å². The summed E-state index contributed by atoms with van der Waals surface area (Å²) >= 11 is 0. The highest BCUT2D eigenvalue weighted by Crippen LogP contribution is 2.35. The van der Waals surface area contributed by atoms with Crippen molar-refractivity contribution >= 4 is 11.7 Å². The van der Waals surface area contributed by atoms with Gasteiger partial charge in [-0.2, -0.15) is 0 Å². The molecule has 5 heteroatoms. The van der Waals surface area contributed by atoms with Gasteiger partial charge in [0.1, 0.15) is 13.2 Å². The average molecular weight is 298 g/mol. The van der Waals surface area contributed by atoms with Crippen molar-refractivity contribution in [2.75, 3.05) is 18.5 Å². The van der Waals surface area contributed by atoms with Crippen molar-refractivity contribution in [1.82, 2.24) is 5.32 Å². The fraction of sp³-hybridized carbons (Fsp3) is 0.235. The Bertz CT molecular complexity index is 671. The largest absolute Gasteiger partial charge is 0.486 e. The second kappa shape index (κ2) is 6.39. The Morgan fingerprint density at radius 2 is 1.77 bits per heavy atom. The van der Waals surface area contributed by atoms with Crippen LogP contribution in [0.3, 0.4) is 0 Å². The van der Waals surface area contributed by atoms with Crippen LogP contribution >= 0.6 is 0 Å². The lowest BCUT2D eigenvalue weighted by Crippen LogP contribution is -2.28. The maximum atomic E-state index is 12.0. The molecule has 114 valence electrons. The number of ether oxygens (including phenoxy) is 2. The van der Waals surface area contributed by atoms with Crippen molar-refractivity contribution in [3.63, 3.8) is 0 Å². The quantitative estimate of drug-likeness (QED) is 0.915. The molecule has 22 heavy (non-hydrogen) atoms. The van der Waals surface area contributed by atoms with Crippen LogP contribution in [-0.2, 0) is 6.54 Å². The zero-order valence-corrected chi connectivity index (χ0v) is 12.4. The number of hydrogen-bond acceptors (Lipinski definition) is 3. The molecule has 2 N–H and O–H groups in total. The first-order valence-electron chi connectivity index (χ1n) is 7.21. The molecule has 5 nitrogen and oxygen atoms in total. The first kappa shape index (κ1) is 14.3. The van der Waals surface area contributed by atoms with E-state index in [1.54, 1.807) is 6.07 Å². The lowest BCUT2D eigenvalue weighted by Gasteiger charge is -2.20. The van der Waals surface area contributed by atoms with Crippen molar-refractivity contribution in [3.05, 3.63) is 53.6 Å². The third-order valence-electron chi connectivity index (χ3n) is 3.43. The Morgan fingerprint density at radius 3 is 2.50 bits per heavy atom. The molecular formula is C17H18N2O3. The van der Waals surface area contributed by atoms with E-state index in [0.717, 1.165) is 22.6 Å². The van der Waals surface area contributed by atoms with Crippen LogP contribution in [0.2, 0.25) is 0 Å². The SMILES string of the molecule is Cc1cc2c(cc1NC(=O)NCc1ccccc1)OCCO2. The fourth-order valence-electron chi connectivity index (χ4n) is 2.27. The lowest BCUT2D eigenvalue weighted by atomic mass is 10.1. The third-order valence-corrected chi connectivity index (χ3v) is 3.43. The molecule has 1 aliphatic rings. The van der Waals surface area contributed by atoms with Gasteiger partial charge in [-0.3, -0.25) is 0 Å². The third kappa shape index (κ3) is 3.31. The topological polar surface area (TPSA) is 59.6 Å². The number of carbonyl (C=O) groups is 1. The fourth-order valence-corrected chi connectivity index (χ4v) is 2.27. The molecular weight excluding hydrogens is 280 g/mol. The van der Waals surface area contributed by atoms with Gasteiger partial charge in [0.2, 0.25) is 0 Å². The van der Waals surface area contributed by atoms with Crippen LogP contribution < -0.4 is 20.1 Å². The summed E-state index contributed by atoms with van der Waals surface area (Å²) in [5.74, 6) is 1.38. The molecule has 0 spiro atoms. The predicted octanol–water partition coefficient (Wildman–Crippen LogP) is 3.09. The zero-order chi connectivity index (χ0) is 15.4. The summed E-state index contributed by atoms with van der Waals surface area (Å²) in [4.78, 5) is 12.0. The summed E-state index contributed by atoms with van der Waals surface area (Å²) in [6.07, 6.45) is 0. The summed E-state index contributed by atoms with van der Waals surface area (Å²) < 4.78 is 11.0. The molecule has 0 fully saturated rings.